The van der Waals surface area contributed by atoms with Crippen molar-refractivity contribution in [1.82, 2.24) is 5.32 Å². The minimum atomic E-state index is -0.576. The SMILES string of the molecule is COC(=O)C1=CC(Br)NC(S)=C1C(=N)CN=[N+]=[N-]. The van der Waals surface area contributed by atoms with E-state index in [1.54, 1.807) is 6.08 Å². The van der Waals surface area contributed by atoms with E-state index in [-0.39, 0.29) is 28.4 Å². The molecule has 0 saturated heterocycles. The molecule has 1 aliphatic rings. The van der Waals surface area contributed by atoms with Crippen LogP contribution in [0.5, 0.6) is 0 Å². The van der Waals surface area contributed by atoms with Gasteiger partial charge in [0.1, 0.15) is 4.95 Å². The van der Waals surface area contributed by atoms with Crippen molar-refractivity contribution in [2.75, 3.05) is 13.7 Å². The van der Waals surface area contributed by atoms with E-state index in [2.05, 4.69) is 48.6 Å². The Balaban J connectivity index is 3.14. The van der Waals surface area contributed by atoms with Crippen LogP contribution in [-0.4, -0.2) is 30.3 Å². The molecule has 96 valence electrons. The molecule has 1 atom stereocenters. The summed E-state index contributed by atoms with van der Waals surface area (Å²) in [5, 5.41) is 14.3. The number of halogens is 1. The van der Waals surface area contributed by atoms with Crippen LogP contribution in [0.4, 0.5) is 0 Å². The maximum absolute atomic E-state index is 11.6. The average molecular weight is 332 g/mol. The number of rotatable bonds is 4. The normalized spacial score (nSPS) is 18.4. The van der Waals surface area contributed by atoms with Gasteiger partial charge >= 0.3 is 5.97 Å². The van der Waals surface area contributed by atoms with Gasteiger partial charge in [-0.3, -0.25) is 0 Å². The molecule has 9 heteroatoms. The van der Waals surface area contributed by atoms with E-state index in [0.717, 1.165) is 0 Å². The molecule has 0 saturated carbocycles. The molecule has 0 fully saturated rings. The molecule has 0 bridgehead atoms. The Morgan fingerprint density at radius 2 is 2.50 bits per heavy atom. The van der Waals surface area contributed by atoms with E-state index in [0.29, 0.717) is 5.03 Å². The summed E-state index contributed by atoms with van der Waals surface area (Å²) < 4.78 is 4.65. The van der Waals surface area contributed by atoms with Crippen LogP contribution in [0, 0.1) is 5.41 Å². The molecule has 0 spiro atoms. The highest BCUT2D eigenvalue weighted by Crippen LogP contribution is 2.26. The van der Waals surface area contributed by atoms with Gasteiger partial charge in [-0.1, -0.05) is 21.0 Å². The minimum Gasteiger partial charge on any atom is -0.465 e. The van der Waals surface area contributed by atoms with Crippen molar-refractivity contribution >= 4 is 40.2 Å². The highest BCUT2D eigenvalue weighted by atomic mass is 79.9. The fourth-order valence-electron chi connectivity index (χ4n) is 1.37. The number of esters is 1. The summed E-state index contributed by atoms with van der Waals surface area (Å²) in [6, 6.07) is 0. The van der Waals surface area contributed by atoms with Crippen LogP contribution in [0.15, 0.2) is 27.4 Å². The maximum atomic E-state index is 11.6. The highest BCUT2D eigenvalue weighted by Gasteiger charge is 2.26. The molecule has 0 aromatic heterocycles. The lowest BCUT2D eigenvalue weighted by atomic mass is 9.99. The van der Waals surface area contributed by atoms with Gasteiger partial charge in [-0.05, 0) is 11.6 Å². The Bertz CT molecular complexity index is 495. The number of carbonyl (C=O) groups is 1. The number of nitrogens with zero attached hydrogens (tertiary/aromatic N) is 3. The summed E-state index contributed by atoms with van der Waals surface area (Å²) in [7, 11) is 1.25. The van der Waals surface area contributed by atoms with Gasteiger partial charge in [0.2, 0.25) is 0 Å². The lowest BCUT2D eigenvalue weighted by molar-refractivity contribution is -0.135. The van der Waals surface area contributed by atoms with Crippen molar-refractivity contribution in [2.45, 2.75) is 4.95 Å². The Kier molecular flexibility index (Phi) is 5.26. The van der Waals surface area contributed by atoms with Crippen molar-refractivity contribution in [2.24, 2.45) is 5.11 Å². The zero-order valence-electron chi connectivity index (χ0n) is 9.35. The number of thiol groups is 1. The van der Waals surface area contributed by atoms with Gasteiger partial charge in [-0.2, -0.15) is 0 Å². The third-order valence-corrected chi connectivity index (χ3v) is 2.94. The van der Waals surface area contributed by atoms with Crippen molar-refractivity contribution in [1.29, 1.82) is 5.41 Å². The van der Waals surface area contributed by atoms with Gasteiger partial charge in [0, 0.05) is 16.2 Å². The van der Waals surface area contributed by atoms with Crippen LogP contribution in [-0.2, 0) is 9.53 Å². The molecule has 18 heavy (non-hydrogen) atoms. The summed E-state index contributed by atoms with van der Waals surface area (Å²) in [5.74, 6) is -0.576. The topological polar surface area (TPSA) is 111 Å². The van der Waals surface area contributed by atoms with Crippen LogP contribution < -0.4 is 5.32 Å². The second-order valence-electron chi connectivity index (χ2n) is 3.21. The molecule has 0 aliphatic carbocycles. The van der Waals surface area contributed by atoms with Gasteiger partial charge in [-0.25, -0.2) is 4.79 Å². The number of alkyl halides is 1. The van der Waals surface area contributed by atoms with E-state index >= 15 is 0 Å². The fraction of sp³-hybridized carbons (Fsp3) is 0.333. The molecule has 2 N–H and O–H groups in total. The largest absolute Gasteiger partial charge is 0.465 e. The van der Waals surface area contributed by atoms with Crippen molar-refractivity contribution in [3.05, 3.63) is 32.7 Å². The molecule has 7 nitrogen and oxygen atoms in total. The number of methoxy groups -OCH3 is 1. The van der Waals surface area contributed by atoms with E-state index in [4.69, 9.17) is 10.9 Å². The summed E-state index contributed by atoms with van der Waals surface area (Å²) in [6.07, 6.45) is 1.56. The molecule has 1 aliphatic heterocycles. The van der Waals surface area contributed by atoms with Crippen molar-refractivity contribution in [3.63, 3.8) is 0 Å². The predicted molar refractivity (Wildman–Crippen MR) is 73.7 cm³/mol. The van der Waals surface area contributed by atoms with Gasteiger partial charge in [-0.15, -0.1) is 12.6 Å². The second kappa shape index (κ2) is 6.48. The van der Waals surface area contributed by atoms with Gasteiger partial charge < -0.3 is 15.5 Å². The van der Waals surface area contributed by atoms with Gasteiger partial charge in [0.15, 0.2) is 0 Å². The standard InChI is InChI=1S/C9H10BrN5O2S/c1-17-9(16)4-2-6(10)14-8(18)7(4)5(11)3-13-15-12/h2,6,11,14,18H,3H2,1H3. The number of ether oxygens (including phenoxy) is 1. The molecular weight excluding hydrogens is 322 g/mol. The van der Waals surface area contributed by atoms with Crippen molar-refractivity contribution in [3.8, 4) is 0 Å². The molecule has 0 radical (unpaired) electrons. The molecular formula is C9H10BrN5O2S. The first-order valence-electron chi connectivity index (χ1n) is 4.74. The molecule has 0 amide bonds. The highest BCUT2D eigenvalue weighted by molar-refractivity contribution is 9.09. The first-order valence-corrected chi connectivity index (χ1v) is 6.10. The first-order chi connectivity index (χ1) is 8.51. The van der Waals surface area contributed by atoms with E-state index in [1.807, 2.05) is 0 Å². The average Bonchev–Trinajstić information content (AvgIpc) is 2.33. The quantitative estimate of drug-likeness (QED) is 0.107. The fourth-order valence-corrected chi connectivity index (χ4v) is 2.43. The lowest BCUT2D eigenvalue weighted by Crippen LogP contribution is -2.30. The van der Waals surface area contributed by atoms with E-state index in [9.17, 15) is 4.79 Å². The smallest absolute Gasteiger partial charge is 0.338 e. The Hall–Kier alpha value is -1.44. The molecule has 0 aromatic carbocycles. The van der Waals surface area contributed by atoms with Crippen LogP contribution in [0.1, 0.15) is 0 Å². The van der Waals surface area contributed by atoms with E-state index < -0.39 is 5.97 Å². The predicted octanol–water partition coefficient (Wildman–Crippen LogP) is 1.88. The van der Waals surface area contributed by atoms with Crippen LogP contribution in [0.25, 0.3) is 10.4 Å². The second-order valence-corrected chi connectivity index (χ2v) is 4.64. The number of carbonyl (C=O) groups excluding carboxylic acids is 1. The number of azide groups is 1. The first kappa shape index (κ1) is 14.6. The zero-order chi connectivity index (χ0) is 13.7. The van der Waals surface area contributed by atoms with Crippen LogP contribution in [0.3, 0.4) is 0 Å². The van der Waals surface area contributed by atoms with Gasteiger partial charge in [0.05, 0.1) is 24.3 Å². The Morgan fingerprint density at radius 3 is 3.06 bits per heavy atom. The molecule has 1 unspecified atom stereocenters. The zero-order valence-corrected chi connectivity index (χ0v) is 11.8. The van der Waals surface area contributed by atoms with E-state index in [1.165, 1.54) is 7.11 Å². The molecule has 1 rings (SSSR count). The number of hydrogen-bond donors (Lipinski definition) is 3. The Labute approximate surface area is 117 Å². The maximum Gasteiger partial charge on any atom is 0.338 e. The van der Waals surface area contributed by atoms with Gasteiger partial charge in [0.25, 0.3) is 0 Å². The number of nitrogens with one attached hydrogen (secondary N) is 2. The number of hydrogen-bond acceptors (Lipinski definition) is 6. The molecule has 1 heterocycles. The molecule has 0 aromatic rings. The van der Waals surface area contributed by atoms with Crippen LogP contribution in [0.2, 0.25) is 0 Å². The Morgan fingerprint density at radius 1 is 1.83 bits per heavy atom. The summed E-state index contributed by atoms with van der Waals surface area (Å²) in [4.78, 5) is 13.9. The van der Waals surface area contributed by atoms with Crippen molar-refractivity contribution < 1.29 is 9.53 Å². The number of dihydropyridines is 1. The van der Waals surface area contributed by atoms with Crippen LogP contribution >= 0.6 is 28.6 Å². The summed E-state index contributed by atoms with van der Waals surface area (Å²) in [5.41, 5.74) is 8.71. The lowest BCUT2D eigenvalue weighted by Gasteiger charge is -2.22. The third-order valence-electron chi connectivity index (χ3n) is 2.09. The third kappa shape index (κ3) is 3.28. The summed E-state index contributed by atoms with van der Waals surface area (Å²) >= 11 is 7.45. The summed E-state index contributed by atoms with van der Waals surface area (Å²) in [6.45, 7) is -0.168. The minimum absolute atomic E-state index is 0.0126. The monoisotopic (exact) mass is 331 g/mol.